The van der Waals surface area contributed by atoms with E-state index in [0.29, 0.717) is 6.54 Å². The molecule has 17 heavy (non-hydrogen) atoms. The summed E-state index contributed by atoms with van der Waals surface area (Å²) in [6, 6.07) is 3.61. The highest BCUT2D eigenvalue weighted by Crippen LogP contribution is 2.25. The number of nitrogens with zero attached hydrogens (tertiary/aromatic N) is 1. The fourth-order valence-corrected chi connectivity index (χ4v) is 1.22. The Hall–Kier alpha value is -2.37. The summed E-state index contributed by atoms with van der Waals surface area (Å²) in [5.74, 6) is -1.13. The molecule has 6 nitrogen and oxygen atoms in total. The largest absolute Gasteiger partial charge is 0.478 e. The molecule has 0 bridgehead atoms. The SMILES string of the molecule is C=C(C)CNc1cc(C(=O)O)ccc1[N+](=O)[O-]. The van der Waals surface area contributed by atoms with Gasteiger partial charge in [0.2, 0.25) is 0 Å². The number of rotatable bonds is 5. The van der Waals surface area contributed by atoms with Crippen LogP contribution in [0.25, 0.3) is 0 Å². The van der Waals surface area contributed by atoms with Crippen molar-refractivity contribution in [3.05, 3.63) is 46.0 Å². The van der Waals surface area contributed by atoms with Gasteiger partial charge in [0.05, 0.1) is 10.5 Å². The van der Waals surface area contributed by atoms with E-state index in [1.165, 1.54) is 18.2 Å². The van der Waals surface area contributed by atoms with Gasteiger partial charge < -0.3 is 10.4 Å². The third-order valence-electron chi connectivity index (χ3n) is 2.02. The van der Waals surface area contributed by atoms with Crippen molar-refractivity contribution < 1.29 is 14.8 Å². The van der Waals surface area contributed by atoms with Gasteiger partial charge in [-0.05, 0) is 19.1 Å². The number of carboxylic acids is 1. The van der Waals surface area contributed by atoms with E-state index in [-0.39, 0.29) is 16.9 Å². The van der Waals surface area contributed by atoms with Crippen molar-refractivity contribution in [2.45, 2.75) is 6.92 Å². The summed E-state index contributed by atoms with van der Waals surface area (Å²) in [5, 5.41) is 22.3. The van der Waals surface area contributed by atoms with E-state index in [0.717, 1.165) is 5.57 Å². The zero-order chi connectivity index (χ0) is 13.0. The first-order valence-corrected chi connectivity index (χ1v) is 4.82. The number of hydrogen-bond acceptors (Lipinski definition) is 4. The van der Waals surface area contributed by atoms with Gasteiger partial charge in [0, 0.05) is 12.6 Å². The second kappa shape index (κ2) is 5.11. The van der Waals surface area contributed by atoms with Crippen molar-refractivity contribution in [2.24, 2.45) is 0 Å². The predicted octanol–water partition coefficient (Wildman–Crippen LogP) is 2.28. The molecule has 0 fully saturated rings. The van der Waals surface area contributed by atoms with Gasteiger partial charge in [-0.25, -0.2) is 4.79 Å². The molecule has 1 rings (SSSR count). The number of carbonyl (C=O) groups is 1. The number of hydrogen-bond donors (Lipinski definition) is 2. The Morgan fingerprint density at radius 1 is 1.59 bits per heavy atom. The Labute approximate surface area is 97.7 Å². The van der Waals surface area contributed by atoms with Gasteiger partial charge in [-0.3, -0.25) is 10.1 Å². The Morgan fingerprint density at radius 3 is 2.71 bits per heavy atom. The lowest BCUT2D eigenvalue weighted by Gasteiger charge is -2.07. The van der Waals surface area contributed by atoms with Crippen LogP contribution in [0.3, 0.4) is 0 Å². The van der Waals surface area contributed by atoms with E-state index >= 15 is 0 Å². The van der Waals surface area contributed by atoms with Crippen molar-refractivity contribution in [2.75, 3.05) is 11.9 Å². The fourth-order valence-electron chi connectivity index (χ4n) is 1.22. The quantitative estimate of drug-likeness (QED) is 0.464. The fraction of sp³-hybridized carbons (Fsp3) is 0.182. The van der Waals surface area contributed by atoms with Crippen molar-refractivity contribution in [1.82, 2.24) is 0 Å². The maximum atomic E-state index is 10.8. The number of anilines is 1. The van der Waals surface area contributed by atoms with Gasteiger partial charge in [-0.1, -0.05) is 12.2 Å². The molecule has 6 heteroatoms. The molecule has 0 unspecified atom stereocenters. The Kier molecular flexibility index (Phi) is 3.82. The van der Waals surface area contributed by atoms with Crippen molar-refractivity contribution in [1.29, 1.82) is 0 Å². The lowest BCUT2D eigenvalue weighted by molar-refractivity contribution is -0.384. The highest BCUT2D eigenvalue weighted by molar-refractivity contribution is 5.90. The van der Waals surface area contributed by atoms with E-state index < -0.39 is 10.9 Å². The van der Waals surface area contributed by atoms with Crippen LogP contribution >= 0.6 is 0 Å². The Morgan fingerprint density at radius 2 is 2.24 bits per heavy atom. The van der Waals surface area contributed by atoms with Crippen LogP contribution < -0.4 is 5.32 Å². The molecule has 90 valence electrons. The average Bonchev–Trinajstić information content (AvgIpc) is 2.25. The molecule has 0 aliphatic carbocycles. The van der Waals surface area contributed by atoms with Crippen molar-refractivity contribution in [3.63, 3.8) is 0 Å². The highest BCUT2D eigenvalue weighted by atomic mass is 16.6. The molecule has 0 aliphatic rings. The number of nitro groups is 1. The minimum Gasteiger partial charge on any atom is -0.478 e. The maximum Gasteiger partial charge on any atom is 0.335 e. The van der Waals surface area contributed by atoms with Crippen LogP contribution in [-0.4, -0.2) is 22.5 Å². The number of benzene rings is 1. The number of nitro benzene ring substituents is 1. The number of carboxylic acid groups (broad SMARTS) is 1. The smallest absolute Gasteiger partial charge is 0.335 e. The molecule has 1 aromatic carbocycles. The van der Waals surface area contributed by atoms with Crippen LogP contribution in [0.4, 0.5) is 11.4 Å². The van der Waals surface area contributed by atoms with Gasteiger partial charge in [0.1, 0.15) is 5.69 Å². The maximum absolute atomic E-state index is 10.8. The lowest BCUT2D eigenvalue weighted by atomic mass is 10.1. The molecule has 0 saturated carbocycles. The molecule has 0 atom stereocenters. The molecule has 2 N–H and O–H groups in total. The predicted molar refractivity (Wildman–Crippen MR) is 63.4 cm³/mol. The van der Waals surface area contributed by atoms with E-state index in [1.807, 2.05) is 0 Å². The number of aromatic carboxylic acids is 1. The molecular formula is C11H12N2O4. The van der Waals surface area contributed by atoms with Gasteiger partial charge in [-0.2, -0.15) is 0 Å². The minimum atomic E-state index is -1.13. The first-order chi connectivity index (χ1) is 7.91. The summed E-state index contributed by atoms with van der Waals surface area (Å²) in [5.41, 5.74) is 0.814. The monoisotopic (exact) mass is 236 g/mol. The molecule has 0 aliphatic heterocycles. The van der Waals surface area contributed by atoms with Crippen molar-refractivity contribution in [3.8, 4) is 0 Å². The Balaban J connectivity index is 3.11. The summed E-state index contributed by atoms with van der Waals surface area (Å²) >= 11 is 0. The highest BCUT2D eigenvalue weighted by Gasteiger charge is 2.15. The molecule has 1 aromatic rings. The van der Waals surface area contributed by atoms with E-state index in [4.69, 9.17) is 5.11 Å². The summed E-state index contributed by atoms with van der Waals surface area (Å²) in [6.07, 6.45) is 0. The molecule has 0 aromatic heterocycles. The van der Waals surface area contributed by atoms with Crippen molar-refractivity contribution >= 4 is 17.3 Å². The summed E-state index contributed by atoms with van der Waals surface area (Å²) < 4.78 is 0. The van der Waals surface area contributed by atoms with E-state index in [1.54, 1.807) is 6.92 Å². The van der Waals surface area contributed by atoms with Crippen LogP contribution in [0, 0.1) is 10.1 Å². The first-order valence-electron chi connectivity index (χ1n) is 4.82. The second-order valence-electron chi connectivity index (χ2n) is 3.60. The first kappa shape index (κ1) is 12.7. The van der Waals surface area contributed by atoms with Gasteiger partial charge >= 0.3 is 5.97 Å². The van der Waals surface area contributed by atoms with E-state index in [2.05, 4.69) is 11.9 Å². The average molecular weight is 236 g/mol. The van der Waals surface area contributed by atoms with Crippen LogP contribution in [0.5, 0.6) is 0 Å². The molecule has 0 amide bonds. The van der Waals surface area contributed by atoms with E-state index in [9.17, 15) is 14.9 Å². The topological polar surface area (TPSA) is 92.5 Å². The van der Waals surface area contributed by atoms with Crippen LogP contribution in [0.2, 0.25) is 0 Å². The van der Waals surface area contributed by atoms with Gasteiger partial charge in [-0.15, -0.1) is 0 Å². The lowest BCUT2D eigenvalue weighted by Crippen LogP contribution is -2.06. The van der Waals surface area contributed by atoms with Crippen LogP contribution in [0.1, 0.15) is 17.3 Å². The summed E-state index contributed by atoms with van der Waals surface area (Å²) in [4.78, 5) is 20.9. The van der Waals surface area contributed by atoms with Gasteiger partial charge in [0.25, 0.3) is 5.69 Å². The van der Waals surface area contributed by atoms with Crippen LogP contribution in [0.15, 0.2) is 30.4 Å². The third-order valence-corrected chi connectivity index (χ3v) is 2.02. The molecule has 0 heterocycles. The zero-order valence-electron chi connectivity index (χ0n) is 9.27. The van der Waals surface area contributed by atoms with Crippen LogP contribution in [-0.2, 0) is 0 Å². The number of nitrogens with one attached hydrogen (secondary N) is 1. The molecule has 0 radical (unpaired) electrons. The molecular weight excluding hydrogens is 224 g/mol. The minimum absolute atomic E-state index is 0.000171. The summed E-state index contributed by atoms with van der Waals surface area (Å²) in [6.45, 7) is 5.77. The zero-order valence-corrected chi connectivity index (χ0v) is 9.27. The Bertz CT molecular complexity index is 482. The second-order valence-corrected chi connectivity index (χ2v) is 3.60. The normalized spacial score (nSPS) is 9.71. The summed E-state index contributed by atoms with van der Waals surface area (Å²) in [7, 11) is 0. The standard InChI is InChI=1S/C11H12N2O4/c1-7(2)6-12-9-5-8(11(14)15)3-4-10(9)13(16)17/h3-5,12H,1,6H2,2H3,(H,14,15). The molecule has 0 saturated heterocycles. The third kappa shape index (κ3) is 3.30. The molecule has 0 spiro atoms. The van der Waals surface area contributed by atoms with Gasteiger partial charge in [0.15, 0.2) is 0 Å².